The van der Waals surface area contributed by atoms with Crippen molar-refractivity contribution in [3.8, 4) is 5.75 Å². The lowest BCUT2D eigenvalue weighted by Crippen LogP contribution is -2.39. The number of hydrogen-bond donors (Lipinski definition) is 3. The van der Waals surface area contributed by atoms with E-state index in [9.17, 15) is 24.1 Å². The third kappa shape index (κ3) is 7.48. The predicted octanol–water partition coefficient (Wildman–Crippen LogP) is 1.11. The van der Waals surface area contributed by atoms with E-state index in [4.69, 9.17) is 23.3 Å². The quantitative estimate of drug-likeness (QED) is 0.189. The second-order valence-electron chi connectivity index (χ2n) is 7.96. The van der Waals surface area contributed by atoms with Crippen LogP contribution in [0.25, 0.3) is 0 Å². The predicted molar refractivity (Wildman–Crippen MR) is 131 cm³/mol. The van der Waals surface area contributed by atoms with Crippen LogP contribution in [-0.4, -0.2) is 64.8 Å². The lowest BCUT2D eigenvalue weighted by molar-refractivity contribution is -0.144. The molecule has 1 saturated heterocycles. The average Bonchev–Trinajstić information content (AvgIpc) is 3.17. The largest absolute Gasteiger partial charge is 0.465 e. The zero-order chi connectivity index (χ0) is 27.0. The standard InChI is InChI=1S/C23H30N3O10P/c1-4-13-33-20-19(28)17(35-21(20)26-12-11-18(27)24-23(26)30)14-34-37(31,25-15(3)22(29)32-5-2)36-16-9-7-6-8-10-16/h4,6-12,15,17,19-21,28H,1,5,13-14H2,2-3H3,(H,25,31)(H,24,27,30). The number of nitrogens with one attached hydrogen (secondary N) is 2. The molecule has 6 unspecified atom stereocenters. The Morgan fingerprint density at radius 3 is 2.70 bits per heavy atom. The van der Waals surface area contributed by atoms with E-state index in [1.54, 1.807) is 37.3 Å². The second kappa shape index (κ2) is 13.0. The first-order valence-electron chi connectivity index (χ1n) is 11.5. The molecule has 2 heterocycles. The smallest absolute Gasteiger partial charge is 0.459 e. The van der Waals surface area contributed by atoms with Crippen LogP contribution in [0.15, 0.2) is 64.8 Å². The van der Waals surface area contributed by atoms with Gasteiger partial charge in [-0.2, -0.15) is 5.09 Å². The first kappa shape index (κ1) is 28.5. The molecule has 0 saturated carbocycles. The number of hydrogen-bond acceptors (Lipinski definition) is 10. The number of benzene rings is 1. The minimum Gasteiger partial charge on any atom is -0.465 e. The Morgan fingerprint density at radius 1 is 1.32 bits per heavy atom. The van der Waals surface area contributed by atoms with E-state index in [-0.39, 0.29) is 19.0 Å². The maximum Gasteiger partial charge on any atom is 0.459 e. The highest BCUT2D eigenvalue weighted by atomic mass is 31.2. The van der Waals surface area contributed by atoms with E-state index in [0.29, 0.717) is 0 Å². The van der Waals surface area contributed by atoms with Gasteiger partial charge in [0.25, 0.3) is 5.56 Å². The third-order valence-corrected chi connectivity index (χ3v) is 6.86. The van der Waals surface area contributed by atoms with Crippen molar-refractivity contribution in [3.05, 3.63) is 76.1 Å². The summed E-state index contributed by atoms with van der Waals surface area (Å²) in [7, 11) is -4.22. The molecule has 1 fully saturated rings. The van der Waals surface area contributed by atoms with Crippen LogP contribution in [0.1, 0.15) is 20.1 Å². The molecule has 1 aliphatic rings. The monoisotopic (exact) mass is 539 g/mol. The van der Waals surface area contributed by atoms with Crippen molar-refractivity contribution in [1.29, 1.82) is 0 Å². The molecular formula is C23H30N3O10P. The molecule has 13 nitrogen and oxygen atoms in total. The minimum atomic E-state index is -4.22. The van der Waals surface area contributed by atoms with Gasteiger partial charge in [-0.15, -0.1) is 6.58 Å². The van der Waals surface area contributed by atoms with Crippen LogP contribution >= 0.6 is 7.75 Å². The highest BCUT2D eigenvalue weighted by molar-refractivity contribution is 7.52. The molecule has 14 heteroatoms. The molecule has 2 aromatic rings. The summed E-state index contributed by atoms with van der Waals surface area (Å²) >= 11 is 0. The van der Waals surface area contributed by atoms with Gasteiger partial charge in [-0.25, -0.2) is 9.36 Å². The zero-order valence-electron chi connectivity index (χ0n) is 20.3. The number of carbonyl (C=O) groups excluding carboxylic acids is 1. The van der Waals surface area contributed by atoms with E-state index >= 15 is 0 Å². The molecule has 0 radical (unpaired) electrons. The van der Waals surface area contributed by atoms with Gasteiger partial charge in [0.05, 0.1) is 19.8 Å². The molecule has 0 spiro atoms. The van der Waals surface area contributed by atoms with E-state index in [2.05, 4.69) is 16.7 Å². The third-order valence-electron chi connectivity index (χ3n) is 5.21. The molecule has 202 valence electrons. The number of H-pyrrole nitrogens is 1. The summed E-state index contributed by atoms with van der Waals surface area (Å²) in [6, 6.07) is 8.21. The van der Waals surface area contributed by atoms with Crippen LogP contribution in [0, 0.1) is 0 Å². The Hall–Kier alpha value is -3.06. The lowest BCUT2D eigenvalue weighted by Gasteiger charge is -2.24. The lowest BCUT2D eigenvalue weighted by atomic mass is 10.1. The van der Waals surface area contributed by atoms with Crippen LogP contribution in [0.2, 0.25) is 0 Å². The molecule has 1 aromatic carbocycles. The molecule has 3 N–H and O–H groups in total. The van der Waals surface area contributed by atoms with E-state index in [1.165, 1.54) is 19.2 Å². The molecule has 0 aliphatic carbocycles. The van der Waals surface area contributed by atoms with Gasteiger partial charge in [-0.3, -0.25) is 23.7 Å². The van der Waals surface area contributed by atoms with Crippen molar-refractivity contribution in [2.45, 2.75) is 44.4 Å². The Labute approximate surface area is 212 Å². The van der Waals surface area contributed by atoms with Crippen LogP contribution in [-0.2, 0) is 28.1 Å². The van der Waals surface area contributed by atoms with Gasteiger partial charge in [-0.1, -0.05) is 24.3 Å². The molecule has 1 aliphatic heterocycles. The molecular weight excluding hydrogens is 509 g/mol. The molecule has 6 atom stereocenters. The summed E-state index contributed by atoms with van der Waals surface area (Å²) in [6.07, 6.45) is -2.02. The van der Waals surface area contributed by atoms with Crippen molar-refractivity contribution in [2.24, 2.45) is 0 Å². The highest BCUT2D eigenvalue weighted by Gasteiger charge is 2.47. The second-order valence-corrected chi connectivity index (χ2v) is 9.65. The number of aromatic amines is 1. The summed E-state index contributed by atoms with van der Waals surface area (Å²) in [5, 5.41) is 13.4. The number of aliphatic hydroxyl groups is 1. The van der Waals surface area contributed by atoms with E-state index in [0.717, 1.165) is 10.6 Å². The normalized spacial score (nSPS) is 23.6. The summed E-state index contributed by atoms with van der Waals surface area (Å²) in [6.45, 7) is 6.31. The number of esters is 1. The van der Waals surface area contributed by atoms with Crippen LogP contribution in [0.5, 0.6) is 5.75 Å². The highest BCUT2D eigenvalue weighted by Crippen LogP contribution is 2.46. The summed E-state index contributed by atoms with van der Waals surface area (Å²) < 4.78 is 42.2. The van der Waals surface area contributed by atoms with Gasteiger partial charge in [0.15, 0.2) is 6.23 Å². The molecule has 0 amide bonds. The molecule has 0 bridgehead atoms. The number of rotatable bonds is 13. The number of ether oxygens (including phenoxy) is 3. The van der Waals surface area contributed by atoms with Crippen molar-refractivity contribution in [3.63, 3.8) is 0 Å². The fourth-order valence-corrected chi connectivity index (χ4v) is 5.01. The van der Waals surface area contributed by atoms with Gasteiger partial charge < -0.3 is 23.8 Å². The fraction of sp³-hybridized carbons (Fsp3) is 0.435. The van der Waals surface area contributed by atoms with Crippen molar-refractivity contribution in [1.82, 2.24) is 14.6 Å². The van der Waals surface area contributed by atoms with Crippen LogP contribution < -0.4 is 20.9 Å². The summed E-state index contributed by atoms with van der Waals surface area (Å²) in [5.41, 5.74) is -1.38. The van der Waals surface area contributed by atoms with Gasteiger partial charge in [-0.05, 0) is 26.0 Å². The number of nitrogens with zero attached hydrogens (tertiary/aromatic N) is 1. The number of para-hydroxylation sites is 1. The summed E-state index contributed by atoms with van der Waals surface area (Å²) in [5.74, 6) is -0.470. The topological polar surface area (TPSA) is 167 Å². The number of aliphatic hydroxyl groups excluding tert-OH is 1. The van der Waals surface area contributed by atoms with Crippen molar-refractivity contribution in [2.75, 3.05) is 19.8 Å². The maximum absolute atomic E-state index is 13.6. The Morgan fingerprint density at radius 2 is 2.05 bits per heavy atom. The Balaban J connectivity index is 1.81. The first-order valence-corrected chi connectivity index (χ1v) is 13.0. The summed E-state index contributed by atoms with van der Waals surface area (Å²) in [4.78, 5) is 38.0. The maximum atomic E-state index is 13.6. The molecule has 3 rings (SSSR count). The Kier molecular flexibility index (Phi) is 9.98. The Bertz CT molecular complexity index is 1220. The zero-order valence-corrected chi connectivity index (χ0v) is 21.2. The van der Waals surface area contributed by atoms with Crippen molar-refractivity contribution < 1.29 is 37.7 Å². The van der Waals surface area contributed by atoms with E-state index < -0.39 is 62.2 Å². The number of carbonyl (C=O) groups is 1. The number of aromatic nitrogens is 2. The van der Waals surface area contributed by atoms with Gasteiger partial charge in [0, 0.05) is 12.3 Å². The fourth-order valence-electron chi connectivity index (χ4n) is 3.51. The SMILES string of the molecule is C=CCOC1C(O)C(COP(=O)(NC(C)C(=O)OCC)Oc2ccccc2)OC1n1ccc(=O)[nH]c1=O. The average molecular weight is 539 g/mol. The van der Waals surface area contributed by atoms with Gasteiger partial charge in [0.1, 0.15) is 30.1 Å². The van der Waals surface area contributed by atoms with Gasteiger partial charge in [0.2, 0.25) is 0 Å². The molecule has 37 heavy (non-hydrogen) atoms. The van der Waals surface area contributed by atoms with Crippen LogP contribution in [0.3, 0.4) is 0 Å². The van der Waals surface area contributed by atoms with Crippen molar-refractivity contribution >= 4 is 13.7 Å². The van der Waals surface area contributed by atoms with Gasteiger partial charge >= 0.3 is 19.4 Å². The minimum absolute atomic E-state index is 0.0293. The van der Waals surface area contributed by atoms with Crippen LogP contribution in [0.4, 0.5) is 0 Å². The first-order chi connectivity index (χ1) is 17.7. The molecule has 1 aromatic heterocycles. The van der Waals surface area contributed by atoms with E-state index in [1.807, 2.05) is 0 Å².